The summed E-state index contributed by atoms with van der Waals surface area (Å²) >= 11 is 0. The maximum Gasteiger partial charge on any atom is 0.137 e. The summed E-state index contributed by atoms with van der Waals surface area (Å²) in [5, 5.41) is 7.68. The van der Waals surface area contributed by atoms with Gasteiger partial charge in [0.1, 0.15) is 12.7 Å². The second-order valence-electron chi connectivity index (χ2n) is 4.95. The van der Waals surface area contributed by atoms with E-state index in [-0.39, 0.29) is 0 Å². The molecule has 0 aliphatic rings. The Morgan fingerprint density at radius 2 is 2.12 bits per heavy atom. The Labute approximate surface area is 104 Å². The molecule has 1 heterocycles. The Kier molecular flexibility index (Phi) is 5.91. The molecule has 1 aromatic heterocycles. The summed E-state index contributed by atoms with van der Waals surface area (Å²) in [5.74, 6) is 0. The fourth-order valence-corrected chi connectivity index (χ4v) is 1.85. The van der Waals surface area contributed by atoms with Gasteiger partial charge in [-0.15, -0.1) is 0 Å². The van der Waals surface area contributed by atoms with Gasteiger partial charge in [-0.25, -0.2) is 4.98 Å². The molecule has 0 bridgehead atoms. The summed E-state index contributed by atoms with van der Waals surface area (Å²) in [6.45, 7) is 9.57. The molecule has 0 fully saturated rings. The van der Waals surface area contributed by atoms with Crippen molar-refractivity contribution >= 4 is 0 Å². The van der Waals surface area contributed by atoms with E-state index in [2.05, 4.69) is 49.2 Å². The smallest absolute Gasteiger partial charge is 0.137 e. The van der Waals surface area contributed by atoms with Crippen LogP contribution in [0.4, 0.5) is 0 Å². The van der Waals surface area contributed by atoms with Crippen LogP contribution in [0.3, 0.4) is 0 Å². The molecule has 4 heteroatoms. The van der Waals surface area contributed by atoms with Gasteiger partial charge >= 0.3 is 0 Å². The number of allylic oxidation sites excluding steroid dienone is 2. The van der Waals surface area contributed by atoms with E-state index >= 15 is 0 Å². The van der Waals surface area contributed by atoms with Crippen LogP contribution in [0.1, 0.15) is 40.5 Å². The summed E-state index contributed by atoms with van der Waals surface area (Å²) < 4.78 is 1.86. The number of hydrogen-bond acceptors (Lipinski definition) is 3. The second kappa shape index (κ2) is 7.22. The fraction of sp³-hybridized carbons (Fsp3) is 0.692. The molecule has 0 aliphatic heterocycles. The van der Waals surface area contributed by atoms with Crippen molar-refractivity contribution < 1.29 is 0 Å². The molecule has 1 aromatic rings. The molecule has 0 unspecified atom stereocenters. The topological polar surface area (TPSA) is 42.7 Å². The van der Waals surface area contributed by atoms with Gasteiger partial charge in [-0.05, 0) is 40.5 Å². The average Bonchev–Trinajstić information content (AvgIpc) is 2.69. The lowest BCUT2D eigenvalue weighted by molar-refractivity contribution is 0.395. The third-order valence-electron chi connectivity index (χ3n) is 2.65. The zero-order valence-electron chi connectivity index (χ0n) is 11.3. The molecule has 1 N–H and O–H groups in total. The lowest BCUT2D eigenvalue weighted by Crippen LogP contribution is -2.37. The van der Waals surface area contributed by atoms with Crippen LogP contribution < -0.4 is 5.32 Å². The van der Waals surface area contributed by atoms with Crippen molar-refractivity contribution in [2.75, 3.05) is 0 Å². The van der Waals surface area contributed by atoms with Gasteiger partial charge in [0.05, 0.1) is 6.54 Å². The molecule has 96 valence electrons. The van der Waals surface area contributed by atoms with Crippen LogP contribution in [0.25, 0.3) is 0 Å². The van der Waals surface area contributed by atoms with E-state index < -0.39 is 0 Å². The summed E-state index contributed by atoms with van der Waals surface area (Å²) in [6.07, 6.45) is 7.94. The van der Waals surface area contributed by atoms with Gasteiger partial charge < -0.3 is 5.32 Å². The second-order valence-corrected chi connectivity index (χ2v) is 4.95. The van der Waals surface area contributed by atoms with Gasteiger partial charge in [0.15, 0.2) is 0 Å². The van der Waals surface area contributed by atoms with Gasteiger partial charge in [-0.3, -0.25) is 4.68 Å². The molecule has 0 radical (unpaired) electrons. The Morgan fingerprint density at radius 1 is 1.35 bits per heavy atom. The highest BCUT2D eigenvalue weighted by Gasteiger charge is 2.07. The molecule has 4 nitrogen and oxygen atoms in total. The third-order valence-corrected chi connectivity index (χ3v) is 2.65. The summed E-state index contributed by atoms with van der Waals surface area (Å²) in [7, 11) is 0. The molecule has 1 rings (SSSR count). The molecule has 0 spiro atoms. The van der Waals surface area contributed by atoms with Crippen LogP contribution in [0.15, 0.2) is 24.3 Å². The van der Waals surface area contributed by atoms with Gasteiger partial charge in [0, 0.05) is 12.1 Å². The Hall–Kier alpha value is -1.16. The van der Waals surface area contributed by atoms with Gasteiger partial charge in [0.25, 0.3) is 0 Å². The summed E-state index contributed by atoms with van der Waals surface area (Å²) in [5.41, 5.74) is 1.40. The van der Waals surface area contributed by atoms with Crippen LogP contribution in [0.2, 0.25) is 0 Å². The predicted molar refractivity (Wildman–Crippen MR) is 70.7 cm³/mol. The minimum absolute atomic E-state index is 0.415. The largest absolute Gasteiger partial charge is 0.310 e. The Balaban J connectivity index is 2.21. The quantitative estimate of drug-likeness (QED) is 0.739. The van der Waals surface area contributed by atoms with Gasteiger partial charge in [0.2, 0.25) is 0 Å². The first-order valence-electron chi connectivity index (χ1n) is 6.29. The van der Waals surface area contributed by atoms with Crippen LogP contribution in [0, 0.1) is 0 Å². The van der Waals surface area contributed by atoms with Crippen molar-refractivity contribution in [3.8, 4) is 0 Å². The van der Waals surface area contributed by atoms with E-state index in [1.54, 1.807) is 12.7 Å². The van der Waals surface area contributed by atoms with Gasteiger partial charge in [-0.1, -0.05) is 11.6 Å². The number of nitrogens with zero attached hydrogens (tertiary/aromatic N) is 3. The molecule has 0 aromatic carbocycles. The zero-order valence-corrected chi connectivity index (χ0v) is 11.3. The number of aromatic nitrogens is 3. The highest BCUT2D eigenvalue weighted by atomic mass is 15.3. The summed E-state index contributed by atoms with van der Waals surface area (Å²) in [6, 6.07) is 0.947. The van der Waals surface area contributed by atoms with Crippen LogP contribution in [-0.2, 0) is 6.54 Å². The minimum Gasteiger partial charge on any atom is -0.310 e. The van der Waals surface area contributed by atoms with E-state index in [1.807, 2.05) is 4.68 Å². The third kappa shape index (κ3) is 6.22. The van der Waals surface area contributed by atoms with Crippen LogP contribution in [-0.4, -0.2) is 26.8 Å². The molecule has 17 heavy (non-hydrogen) atoms. The molecule has 0 amide bonds. The van der Waals surface area contributed by atoms with E-state index in [1.165, 1.54) is 12.0 Å². The maximum atomic E-state index is 4.10. The summed E-state index contributed by atoms with van der Waals surface area (Å²) in [4.78, 5) is 3.94. The number of nitrogens with one attached hydrogen (secondary N) is 1. The zero-order chi connectivity index (χ0) is 12.7. The van der Waals surface area contributed by atoms with E-state index in [4.69, 9.17) is 0 Å². The highest BCUT2D eigenvalue weighted by molar-refractivity contribution is 4.93. The van der Waals surface area contributed by atoms with Crippen molar-refractivity contribution in [2.45, 2.75) is 59.2 Å². The van der Waals surface area contributed by atoms with Crippen molar-refractivity contribution in [2.24, 2.45) is 0 Å². The van der Waals surface area contributed by atoms with E-state index in [0.717, 1.165) is 13.0 Å². The van der Waals surface area contributed by atoms with Crippen molar-refractivity contribution in [3.63, 3.8) is 0 Å². The number of rotatable bonds is 7. The molecule has 2 atom stereocenters. The van der Waals surface area contributed by atoms with Crippen molar-refractivity contribution in [3.05, 3.63) is 24.3 Å². The first-order chi connectivity index (χ1) is 8.08. The first-order valence-corrected chi connectivity index (χ1v) is 6.29. The lowest BCUT2D eigenvalue weighted by Gasteiger charge is -2.19. The minimum atomic E-state index is 0.415. The number of hydrogen-bond donors (Lipinski definition) is 1. The molecule has 0 aliphatic carbocycles. The average molecular weight is 236 g/mol. The SMILES string of the molecule is CC(C)=CCC[C@H](C)N[C@@H](C)Cn1cncn1. The normalized spacial score (nSPS) is 14.4. The first kappa shape index (κ1) is 13.9. The molecular weight excluding hydrogens is 212 g/mol. The Bertz CT molecular complexity index is 325. The predicted octanol–water partition coefficient (Wildman–Crippen LogP) is 2.39. The van der Waals surface area contributed by atoms with Crippen molar-refractivity contribution in [1.82, 2.24) is 20.1 Å². The van der Waals surface area contributed by atoms with Crippen LogP contribution in [0.5, 0.6) is 0 Å². The molecular formula is C13H24N4. The monoisotopic (exact) mass is 236 g/mol. The Morgan fingerprint density at radius 3 is 2.71 bits per heavy atom. The lowest BCUT2D eigenvalue weighted by atomic mass is 10.1. The maximum absolute atomic E-state index is 4.10. The molecule has 0 saturated carbocycles. The van der Waals surface area contributed by atoms with Crippen molar-refractivity contribution in [1.29, 1.82) is 0 Å². The van der Waals surface area contributed by atoms with Crippen LogP contribution >= 0.6 is 0 Å². The fourth-order valence-electron chi connectivity index (χ4n) is 1.85. The van der Waals surface area contributed by atoms with Gasteiger partial charge in [-0.2, -0.15) is 5.10 Å². The molecule has 0 saturated heterocycles. The van der Waals surface area contributed by atoms with E-state index in [9.17, 15) is 0 Å². The van der Waals surface area contributed by atoms with E-state index in [0.29, 0.717) is 12.1 Å². The standard InChI is InChI=1S/C13H24N4/c1-11(2)6-5-7-12(3)16-13(4)8-17-10-14-9-15-17/h6,9-10,12-13,16H,5,7-8H2,1-4H3/t12-,13-/m0/s1. The highest BCUT2D eigenvalue weighted by Crippen LogP contribution is 2.02.